The highest BCUT2D eigenvalue weighted by atomic mass is 32.2. The second-order valence-corrected chi connectivity index (χ2v) is 4.29. The Hall–Kier alpha value is -1.23. The van der Waals surface area contributed by atoms with Crippen LogP contribution >= 0.6 is 11.8 Å². The average molecular weight is 243 g/mol. The zero-order valence-electron chi connectivity index (χ0n) is 8.94. The van der Waals surface area contributed by atoms with E-state index in [4.69, 9.17) is 5.11 Å². The fraction of sp³-hybridized carbons (Fsp3) is 0.364. The first kappa shape index (κ1) is 12.8. The number of hydrogen-bond acceptors (Lipinski definition) is 3. The van der Waals surface area contributed by atoms with Crippen LogP contribution < -0.4 is 5.32 Å². The molecule has 16 heavy (non-hydrogen) atoms. The number of rotatable bonds is 6. The molecule has 2 N–H and O–H groups in total. The van der Waals surface area contributed by atoms with Gasteiger partial charge in [0.25, 0.3) is 0 Å². The van der Waals surface area contributed by atoms with Gasteiger partial charge in [0.2, 0.25) is 0 Å². The molecule has 1 rings (SSSR count). The van der Waals surface area contributed by atoms with Gasteiger partial charge in [-0.2, -0.15) is 11.8 Å². The van der Waals surface area contributed by atoms with Gasteiger partial charge in [-0.25, -0.2) is 4.39 Å². The van der Waals surface area contributed by atoms with E-state index in [1.54, 1.807) is 12.1 Å². The third-order valence-corrected chi connectivity index (χ3v) is 2.85. The smallest absolute Gasteiger partial charge is 0.309 e. The third kappa shape index (κ3) is 4.10. The van der Waals surface area contributed by atoms with Crippen LogP contribution in [0.1, 0.15) is 0 Å². The highest BCUT2D eigenvalue weighted by Gasteiger charge is 2.16. The monoisotopic (exact) mass is 243 g/mol. The molecule has 0 fully saturated rings. The Labute approximate surface area is 98.1 Å². The zero-order chi connectivity index (χ0) is 12.0. The predicted molar refractivity (Wildman–Crippen MR) is 64.4 cm³/mol. The molecule has 88 valence electrons. The molecular weight excluding hydrogens is 229 g/mol. The lowest BCUT2D eigenvalue weighted by Gasteiger charge is -2.12. The van der Waals surface area contributed by atoms with Crippen molar-refractivity contribution < 1.29 is 14.3 Å². The molecule has 1 aromatic carbocycles. The van der Waals surface area contributed by atoms with E-state index >= 15 is 0 Å². The first-order valence-electron chi connectivity index (χ1n) is 4.84. The maximum atomic E-state index is 12.6. The highest BCUT2D eigenvalue weighted by molar-refractivity contribution is 7.98. The van der Waals surface area contributed by atoms with Crippen LogP contribution in [0, 0.1) is 11.7 Å². The van der Waals surface area contributed by atoms with Gasteiger partial charge in [-0.15, -0.1) is 0 Å². The Bertz CT molecular complexity index is 342. The topological polar surface area (TPSA) is 49.3 Å². The van der Waals surface area contributed by atoms with Gasteiger partial charge in [0, 0.05) is 18.0 Å². The molecule has 1 aromatic rings. The number of nitrogens with one attached hydrogen (secondary N) is 1. The Morgan fingerprint density at radius 3 is 2.62 bits per heavy atom. The molecule has 3 nitrogen and oxygen atoms in total. The minimum Gasteiger partial charge on any atom is -0.481 e. The van der Waals surface area contributed by atoms with Crippen molar-refractivity contribution in [1.82, 2.24) is 0 Å². The molecule has 0 aliphatic carbocycles. The molecule has 0 amide bonds. The summed E-state index contributed by atoms with van der Waals surface area (Å²) in [7, 11) is 0. The van der Waals surface area contributed by atoms with E-state index in [2.05, 4.69) is 5.32 Å². The Kier molecular flexibility index (Phi) is 5.11. The summed E-state index contributed by atoms with van der Waals surface area (Å²) in [6, 6.07) is 5.86. The van der Waals surface area contributed by atoms with E-state index in [0.717, 1.165) is 5.69 Å². The van der Waals surface area contributed by atoms with Crippen molar-refractivity contribution in [2.75, 3.05) is 23.9 Å². The summed E-state index contributed by atoms with van der Waals surface area (Å²) in [4.78, 5) is 10.9. The summed E-state index contributed by atoms with van der Waals surface area (Å²) >= 11 is 1.49. The van der Waals surface area contributed by atoms with Gasteiger partial charge in [0.1, 0.15) is 5.82 Å². The standard InChI is InChI=1S/C11H14FNO2S/c1-16-7-8(11(14)15)6-13-10-4-2-9(12)3-5-10/h2-5,8,13H,6-7H2,1H3,(H,14,15)/t8-/m0/s1. The molecular formula is C11H14FNO2S. The van der Waals surface area contributed by atoms with Crippen LogP contribution in [0.15, 0.2) is 24.3 Å². The normalized spacial score (nSPS) is 12.1. The quantitative estimate of drug-likeness (QED) is 0.805. The van der Waals surface area contributed by atoms with Gasteiger partial charge in [-0.3, -0.25) is 4.79 Å². The first-order chi connectivity index (χ1) is 7.63. The lowest BCUT2D eigenvalue weighted by atomic mass is 10.2. The number of hydrogen-bond donors (Lipinski definition) is 2. The average Bonchev–Trinajstić information content (AvgIpc) is 2.26. The fourth-order valence-electron chi connectivity index (χ4n) is 1.23. The number of carboxylic acid groups (broad SMARTS) is 1. The molecule has 0 aliphatic heterocycles. The second-order valence-electron chi connectivity index (χ2n) is 3.38. The molecule has 0 saturated heterocycles. The summed E-state index contributed by atoms with van der Waals surface area (Å²) in [6.07, 6.45) is 1.87. The third-order valence-electron chi connectivity index (χ3n) is 2.11. The Morgan fingerprint density at radius 1 is 1.50 bits per heavy atom. The minimum atomic E-state index is -0.816. The SMILES string of the molecule is CSC[C@H](CNc1ccc(F)cc1)C(=O)O. The molecule has 0 radical (unpaired) electrons. The van der Waals surface area contributed by atoms with Crippen molar-refractivity contribution in [2.45, 2.75) is 0 Å². The van der Waals surface area contributed by atoms with Crippen molar-refractivity contribution in [3.05, 3.63) is 30.1 Å². The van der Waals surface area contributed by atoms with Gasteiger partial charge in [-0.1, -0.05) is 0 Å². The highest BCUT2D eigenvalue weighted by Crippen LogP contribution is 2.11. The minimum absolute atomic E-state index is 0.301. The Morgan fingerprint density at radius 2 is 2.12 bits per heavy atom. The number of carbonyl (C=O) groups is 1. The molecule has 0 bridgehead atoms. The molecule has 5 heteroatoms. The fourth-order valence-corrected chi connectivity index (χ4v) is 1.89. The van der Waals surface area contributed by atoms with Crippen LogP contribution in [-0.2, 0) is 4.79 Å². The van der Waals surface area contributed by atoms with Gasteiger partial charge in [-0.05, 0) is 30.5 Å². The summed E-state index contributed by atoms with van der Waals surface area (Å²) < 4.78 is 12.6. The predicted octanol–water partition coefficient (Wildman–Crippen LogP) is 2.30. The van der Waals surface area contributed by atoms with Crippen LogP contribution in [0.2, 0.25) is 0 Å². The lowest BCUT2D eigenvalue weighted by molar-refractivity contribution is -0.140. The Balaban J connectivity index is 2.48. The van der Waals surface area contributed by atoms with Gasteiger partial charge < -0.3 is 10.4 Å². The lowest BCUT2D eigenvalue weighted by Crippen LogP contribution is -2.24. The first-order valence-corrected chi connectivity index (χ1v) is 6.24. The van der Waals surface area contributed by atoms with Crippen molar-refractivity contribution >= 4 is 23.4 Å². The van der Waals surface area contributed by atoms with Gasteiger partial charge in [0.05, 0.1) is 5.92 Å². The molecule has 0 aliphatic rings. The van der Waals surface area contributed by atoms with Crippen LogP contribution in [0.4, 0.5) is 10.1 Å². The summed E-state index contributed by atoms with van der Waals surface area (Å²) in [5, 5.41) is 11.9. The number of anilines is 1. The van der Waals surface area contributed by atoms with Crippen molar-refractivity contribution in [1.29, 1.82) is 0 Å². The maximum Gasteiger partial charge on any atom is 0.309 e. The maximum absolute atomic E-state index is 12.6. The largest absolute Gasteiger partial charge is 0.481 e. The van der Waals surface area contributed by atoms with Crippen LogP contribution in [0.5, 0.6) is 0 Å². The van der Waals surface area contributed by atoms with E-state index < -0.39 is 11.9 Å². The van der Waals surface area contributed by atoms with Gasteiger partial charge in [0.15, 0.2) is 0 Å². The molecule has 0 aromatic heterocycles. The van der Waals surface area contributed by atoms with E-state index in [1.165, 1.54) is 23.9 Å². The van der Waals surface area contributed by atoms with Crippen LogP contribution in [0.3, 0.4) is 0 Å². The van der Waals surface area contributed by atoms with E-state index in [0.29, 0.717) is 12.3 Å². The van der Waals surface area contributed by atoms with Crippen molar-refractivity contribution in [3.8, 4) is 0 Å². The zero-order valence-corrected chi connectivity index (χ0v) is 9.76. The molecule has 1 atom stereocenters. The summed E-state index contributed by atoms with van der Waals surface area (Å²) in [5.74, 6) is -0.989. The number of benzene rings is 1. The molecule has 0 unspecified atom stereocenters. The number of halogens is 1. The van der Waals surface area contributed by atoms with E-state index in [9.17, 15) is 9.18 Å². The molecule has 0 spiro atoms. The summed E-state index contributed by atoms with van der Waals surface area (Å²) in [5.41, 5.74) is 0.730. The van der Waals surface area contributed by atoms with E-state index in [-0.39, 0.29) is 5.82 Å². The molecule has 0 heterocycles. The van der Waals surface area contributed by atoms with Gasteiger partial charge >= 0.3 is 5.97 Å². The van der Waals surface area contributed by atoms with Crippen LogP contribution in [0.25, 0.3) is 0 Å². The summed E-state index contributed by atoms with van der Waals surface area (Å²) in [6.45, 7) is 0.349. The number of thioether (sulfide) groups is 1. The second kappa shape index (κ2) is 6.37. The number of aliphatic carboxylic acids is 1. The molecule has 0 saturated carbocycles. The van der Waals surface area contributed by atoms with E-state index in [1.807, 2.05) is 6.26 Å². The van der Waals surface area contributed by atoms with Crippen molar-refractivity contribution in [3.63, 3.8) is 0 Å². The number of carboxylic acids is 1. The van der Waals surface area contributed by atoms with Crippen molar-refractivity contribution in [2.24, 2.45) is 5.92 Å². The van der Waals surface area contributed by atoms with Crippen LogP contribution in [-0.4, -0.2) is 29.6 Å².